The summed E-state index contributed by atoms with van der Waals surface area (Å²) in [7, 11) is 0. The van der Waals surface area contributed by atoms with Crippen LogP contribution in [0.4, 0.5) is 0 Å². The molecule has 2 aromatic heterocycles. The number of nitrogens with zero attached hydrogens (tertiary/aromatic N) is 4. The molecule has 6 nitrogen and oxygen atoms in total. The minimum absolute atomic E-state index is 0. The highest BCUT2D eigenvalue weighted by Crippen LogP contribution is 1.89. The number of hydrogen-bond acceptors (Lipinski definition) is 4. The zero-order chi connectivity index (χ0) is 12.0. The van der Waals surface area contributed by atoms with Gasteiger partial charge in [-0.05, 0) is 13.8 Å². The largest absolute Gasteiger partial charge is 0.263 e. The first-order valence-corrected chi connectivity index (χ1v) is 5.41. The molecule has 0 unspecified atom stereocenters. The van der Waals surface area contributed by atoms with Gasteiger partial charge in [-0.1, -0.05) is 28.7 Å². The zero-order valence-electron chi connectivity index (χ0n) is 10.2. The van der Waals surface area contributed by atoms with E-state index >= 15 is 0 Å². The third-order valence-corrected chi connectivity index (χ3v) is 1.92. The number of nitrogens with one attached hydrogen (secondary N) is 2. The van der Waals surface area contributed by atoms with Crippen LogP contribution in [0.25, 0.3) is 0 Å². The van der Waals surface area contributed by atoms with Crippen molar-refractivity contribution >= 4 is 0 Å². The molecule has 0 atom stereocenters. The molecule has 2 aromatic rings. The predicted molar refractivity (Wildman–Crippen MR) is 74.5 cm³/mol. The normalized spacial score (nSPS) is 8.67. The second-order valence-electron chi connectivity index (χ2n) is 3.38. The Bertz CT molecular complexity index is 377. The maximum atomic E-state index is 4.06. The molecule has 0 saturated heterocycles. The standard InChI is InChI=1S/2C5H9N3.2CH4/c2*1-3-5-6-4(2)7-8-5;;/h2*3H2,1-2H3,(H,6,7,8);2*1H4. The molecule has 0 radical (unpaired) electrons. The fourth-order valence-electron chi connectivity index (χ4n) is 1.09. The van der Waals surface area contributed by atoms with Crippen LogP contribution in [0.2, 0.25) is 0 Å². The number of aryl methyl sites for hydroxylation is 4. The Labute approximate surface area is 110 Å². The Hall–Kier alpha value is -1.72. The second kappa shape index (κ2) is 9.32. The lowest BCUT2D eigenvalue weighted by atomic mass is 10.5. The molecule has 0 aromatic carbocycles. The first kappa shape index (κ1) is 18.6. The second-order valence-corrected chi connectivity index (χ2v) is 3.38. The molecule has 0 aliphatic carbocycles. The van der Waals surface area contributed by atoms with E-state index in [1.165, 1.54) is 0 Å². The van der Waals surface area contributed by atoms with Gasteiger partial charge < -0.3 is 0 Å². The molecule has 104 valence electrons. The van der Waals surface area contributed by atoms with Crippen LogP contribution in [0.5, 0.6) is 0 Å². The lowest BCUT2D eigenvalue weighted by Crippen LogP contribution is -1.80. The lowest BCUT2D eigenvalue weighted by Gasteiger charge is -1.76. The molecule has 0 amide bonds. The van der Waals surface area contributed by atoms with Crippen LogP contribution in [0, 0.1) is 13.8 Å². The van der Waals surface area contributed by atoms with E-state index in [1.807, 2.05) is 27.7 Å². The first-order valence-electron chi connectivity index (χ1n) is 5.41. The van der Waals surface area contributed by atoms with Crippen LogP contribution < -0.4 is 0 Å². The van der Waals surface area contributed by atoms with Crippen LogP contribution in [0.3, 0.4) is 0 Å². The van der Waals surface area contributed by atoms with E-state index in [9.17, 15) is 0 Å². The molecule has 0 spiro atoms. The molecular weight excluding hydrogens is 228 g/mol. The van der Waals surface area contributed by atoms with Crippen molar-refractivity contribution in [2.75, 3.05) is 0 Å². The summed E-state index contributed by atoms with van der Waals surface area (Å²) in [6, 6.07) is 0. The van der Waals surface area contributed by atoms with Crippen LogP contribution in [-0.4, -0.2) is 30.4 Å². The number of rotatable bonds is 2. The Morgan fingerprint density at radius 3 is 1.22 bits per heavy atom. The van der Waals surface area contributed by atoms with Gasteiger partial charge in [-0.3, -0.25) is 10.2 Å². The van der Waals surface area contributed by atoms with E-state index < -0.39 is 0 Å². The van der Waals surface area contributed by atoms with Gasteiger partial charge in [-0.2, -0.15) is 10.2 Å². The summed E-state index contributed by atoms with van der Waals surface area (Å²) in [6.07, 6.45) is 1.81. The monoisotopic (exact) mass is 254 g/mol. The minimum atomic E-state index is 0. The van der Waals surface area contributed by atoms with E-state index in [1.54, 1.807) is 0 Å². The summed E-state index contributed by atoms with van der Waals surface area (Å²) in [5.74, 6) is 3.56. The zero-order valence-corrected chi connectivity index (χ0v) is 10.2. The van der Waals surface area contributed by atoms with E-state index in [0.29, 0.717) is 0 Å². The number of aromatic nitrogens is 6. The summed E-state index contributed by atoms with van der Waals surface area (Å²) in [5, 5.41) is 13.3. The Kier molecular flexibility index (Phi) is 9.66. The number of aromatic amines is 2. The van der Waals surface area contributed by atoms with E-state index in [2.05, 4.69) is 30.4 Å². The molecule has 0 aliphatic heterocycles. The maximum Gasteiger partial charge on any atom is 0.150 e. The number of hydrogen-bond donors (Lipinski definition) is 2. The fraction of sp³-hybridized carbons (Fsp3) is 0.667. The smallest absolute Gasteiger partial charge is 0.150 e. The van der Waals surface area contributed by atoms with Crippen molar-refractivity contribution in [1.82, 2.24) is 30.4 Å². The Balaban J connectivity index is 0. The summed E-state index contributed by atoms with van der Waals surface area (Å²) >= 11 is 0. The summed E-state index contributed by atoms with van der Waals surface area (Å²) < 4.78 is 0. The molecular formula is C12H26N6. The van der Waals surface area contributed by atoms with Crippen molar-refractivity contribution in [3.8, 4) is 0 Å². The average molecular weight is 254 g/mol. The molecule has 6 heteroatoms. The summed E-state index contributed by atoms with van der Waals surface area (Å²) in [5.41, 5.74) is 0. The van der Waals surface area contributed by atoms with Crippen LogP contribution in [0.1, 0.15) is 52.0 Å². The molecule has 2 N–H and O–H groups in total. The van der Waals surface area contributed by atoms with Crippen molar-refractivity contribution in [1.29, 1.82) is 0 Å². The van der Waals surface area contributed by atoms with Crippen LogP contribution in [-0.2, 0) is 12.8 Å². The van der Waals surface area contributed by atoms with E-state index in [4.69, 9.17) is 0 Å². The molecule has 0 bridgehead atoms. The van der Waals surface area contributed by atoms with E-state index in [0.717, 1.165) is 36.1 Å². The van der Waals surface area contributed by atoms with Crippen molar-refractivity contribution in [3.05, 3.63) is 23.3 Å². The molecule has 0 aliphatic rings. The van der Waals surface area contributed by atoms with E-state index in [-0.39, 0.29) is 14.9 Å². The maximum absolute atomic E-state index is 4.06. The highest BCUT2D eigenvalue weighted by atomic mass is 15.2. The Morgan fingerprint density at radius 2 is 1.11 bits per heavy atom. The lowest BCUT2D eigenvalue weighted by molar-refractivity contribution is 0.945. The van der Waals surface area contributed by atoms with Gasteiger partial charge >= 0.3 is 0 Å². The summed E-state index contributed by atoms with van der Waals surface area (Å²) in [6.45, 7) is 7.85. The van der Waals surface area contributed by atoms with Gasteiger partial charge in [-0.15, -0.1) is 0 Å². The molecule has 18 heavy (non-hydrogen) atoms. The first-order chi connectivity index (χ1) is 7.65. The van der Waals surface area contributed by atoms with Gasteiger partial charge in [0.25, 0.3) is 0 Å². The van der Waals surface area contributed by atoms with Gasteiger partial charge in [0.05, 0.1) is 0 Å². The van der Waals surface area contributed by atoms with Gasteiger partial charge in [0.15, 0.2) is 0 Å². The van der Waals surface area contributed by atoms with Crippen LogP contribution >= 0.6 is 0 Å². The molecule has 0 fully saturated rings. The topological polar surface area (TPSA) is 83.1 Å². The summed E-state index contributed by atoms with van der Waals surface area (Å²) in [4.78, 5) is 8.12. The predicted octanol–water partition coefficient (Wildman–Crippen LogP) is 2.62. The minimum Gasteiger partial charge on any atom is -0.263 e. The van der Waals surface area contributed by atoms with Crippen molar-refractivity contribution in [3.63, 3.8) is 0 Å². The van der Waals surface area contributed by atoms with Gasteiger partial charge in [0.1, 0.15) is 23.3 Å². The van der Waals surface area contributed by atoms with Crippen molar-refractivity contribution in [2.45, 2.75) is 55.4 Å². The molecule has 0 saturated carbocycles. The van der Waals surface area contributed by atoms with Gasteiger partial charge in [-0.25, -0.2) is 9.97 Å². The van der Waals surface area contributed by atoms with Crippen LogP contribution in [0.15, 0.2) is 0 Å². The highest BCUT2D eigenvalue weighted by molar-refractivity contribution is 4.86. The van der Waals surface area contributed by atoms with Crippen molar-refractivity contribution in [2.24, 2.45) is 0 Å². The Morgan fingerprint density at radius 1 is 0.778 bits per heavy atom. The fourth-order valence-corrected chi connectivity index (χ4v) is 1.09. The van der Waals surface area contributed by atoms with Crippen molar-refractivity contribution < 1.29 is 0 Å². The molecule has 2 heterocycles. The average Bonchev–Trinajstić information content (AvgIpc) is 2.88. The quantitative estimate of drug-likeness (QED) is 0.863. The molecule has 2 rings (SSSR count). The van der Waals surface area contributed by atoms with Gasteiger partial charge in [0, 0.05) is 12.8 Å². The third-order valence-electron chi connectivity index (χ3n) is 1.92. The SMILES string of the molecule is C.C.CCc1n[nH]c(C)n1.CCc1n[nH]c(C)n1. The van der Waals surface area contributed by atoms with Gasteiger partial charge in [0.2, 0.25) is 0 Å². The highest BCUT2D eigenvalue weighted by Gasteiger charge is 1.92. The third kappa shape index (κ3) is 6.12. The number of H-pyrrole nitrogens is 2.